The van der Waals surface area contributed by atoms with Crippen LogP contribution in [0.25, 0.3) is 11.1 Å². The summed E-state index contributed by atoms with van der Waals surface area (Å²) >= 11 is 0. The van der Waals surface area contributed by atoms with Crippen LogP contribution in [0.15, 0.2) is 18.2 Å². The number of rotatable bonds is 1. The molecule has 1 aliphatic heterocycles. The number of aryl methyl sites for hydroxylation is 2. The lowest BCUT2D eigenvalue weighted by atomic mass is 10.0. The maximum atomic E-state index is 11.7. The number of nitrogens with two attached hydrogens (primary N) is 1. The predicted octanol–water partition coefficient (Wildman–Crippen LogP) is 1.50. The van der Waals surface area contributed by atoms with E-state index in [1.807, 2.05) is 32.2 Å². The Kier molecular flexibility index (Phi) is 2.38. The van der Waals surface area contributed by atoms with Crippen molar-refractivity contribution in [2.24, 2.45) is 7.05 Å². The van der Waals surface area contributed by atoms with Gasteiger partial charge in [0.15, 0.2) is 0 Å². The largest absolute Gasteiger partial charge is 0.383 e. The summed E-state index contributed by atoms with van der Waals surface area (Å²) in [5.74, 6) is 0.776. The Hall–Kier alpha value is -2.30. The van der Waals surface area contributed by atoms with Crippen LogP contribution in [0.4, 0.5) is 11.5 Å². The van der Waals surface area contributed by atoms with Gasteiger partial charge >= 0.3 is 0 Å². The van der Waals surface area contributed by atoms with Gasteiger partial charge in [-0.2, -0.15) is 5.10 Å². The molecule has 5 heteroatoms. The number of likely N-dealkylation sites (N-methyl/N-ethyl adjacent to an activating group) is 1. The van der Waals surface area contributed by atoms with Crippen LogP contribution < -0.4 is 10.6 Å². The van der Waals surface area contributed by atoms with Crippen molar-refractivity contribution in [1.29, 1.82) is 0 Å². The number of aromatic nitrogens is 2. The van der Waals surface area contributed by atoms with Gasteiger partial charge in [0.2, 0.25) is 5.91 Å². The zero-order valence-corrected chi connectivity index (χ0v) is 11.3. The highest BCUT2D eigenvalue weighted by atomic mass is 16.2. The van der Waals surface area contributed by atoms with E-state index in [1.54, 1.807) is 16.6 Å². The number of carbonyl (C=O) groups excluding carboxylic acids is 1. The third-order valence-electron chi connectivity index (χ3n) is 3.71. The lowest BCUT2D eigenvalue weighted by Crippen LogP contribution is -2.20. The number of hydrogen-bond acceptors (Lipinski definition) is 3. The number of hydrogen-bond donors (Lipinski definition) is 1. The highest BCUT2D eigenvalue weighted by Gasteiger charge is 2.25. The van der Waals surface area contributed by atoms with Gasteiger partial charge in [-0.3, -0.25) is 9.48 Å². The van der Waals surface area contributed by atoms with Crippen molar-refractivity contribution in [2.45, 2.75) is 13.3 Å². The number of nitrogen functional groups attached to an aromatic ring is 1. The van der Waals surface area contributed by atoms with E-state index in [0.717, 1.165) is 28.1 Å². The number of nitrogens with zero attached hydrogens (tertiary/aromatic N) is 3. The third kappa shape index (κ3) is 1.62. The third-order valence-corrected chi connectivity index (χ3v) is 3.71. The Labute approximate surface area is 111 Å². The molecule has 98 valence electrons. The van der Waals surface area contributed by atoms with Crippen LogP contribution in [0.1, 0.15) is 11.3 Å². The van der Waals surface area contributed by atoms with E-state index in [2.05, 4.69) is 5.10 Å². The molecule has 0 bridgehead atoms. The average Bonchev–Trinajstić information content (AvgIpc) is 2.78. The first-order valence-corrected chi connectivity index (χ1v) is 6.18. The molecule has 0 fully saturated rings. The average molecular weight is 256 g/mol. The predicted molar refractivity (Wildman–Crippen MR) is 74.9 cm³/mol. The fourth-order valence-corrected chi connectivity index (χ4v) is 2.66. The zero-order valence-electron chi connectivity index (χ0n) is 11.3. The second-order valence-corrected chi connectivity index (χ2v) is 4.94. The quantitative estimate of drug-likeness (QED) is 0.841. The monoisotopic (exact) mass is 256 g/mol. The van der Waals surface area contributed by atoms with E-state index in [-0.39, 0.29) is 5.91 Å². The second kappa shape index (κ2) is 3.85. The molecule has 0 aliphatic carbocycles. The maximum absolute atomic E-state index is 11.7. The Morgan fingerprint density at radius 3 is 2.68 bits per heavy atom. The first-order chi connectivity index (χ1) is 8.99. The molecule has 3 rings (SSSR count). The first kappa shape index (κ1) is 11.8. The highest BCUT2D eigenvalue weighted by Crippen LogP contribution is 2.35. The SMILES string of the molecule is Cc1nn(C)c(N)c1-c1ccc2c(c1)CC(=O)N2C. The van der Waals surface area contributed by atoms with Gasteiger partial charge in [0.05, 0.1) is 12.1 Å². The van der Waals surface area contributed by atoms with Crippen molar-refractivity contribution >= 4 is 17.4 Å². The van der Waals surface area contributed by atoms with Crippen molar-refractivity contribution in [1.82, 2.24) is 9.78 Å². The number of benzene rings is 1. The lowest BCUT2D eigenvalue weighted by Gasteiger charge is -2.10. The molecule has 0 radical (unpaired) electrons. The zero-order chi connectivity index (χ0) is 13.7. The fourth-order valence-electron chi connectivity index (χ4n) is 2.66. The minimum absolute atomic E-state index is 0.128. The van der Waals surface area contributed by atoms with Gasteiger partial charge in [0.1, 0.15) is 5.82 Å². The molecule has 2 heterocycles. The van der Waals surface area contributed by atoms with Crippen LogP contribution in [0.5, 0.6) is 0 Å². The minimum atomic E-state index is 0.128. The van der Waals surface area contributed by atoms with Gasteiger partial charge in [-0.15, -0.1) is 0 Å². The summed E-state index contributed by atoms with van der Waals surface area (Å²) in [7, 11) is 3.63. The highest BCUT2D eigenvalue weighted by molar-refractivity contribution is 6.01. The Morgan fingerprint density at radius 2 is 2.05 bits per heavy atom. The van der Waals surface area contributed by atoms with Crippen LogP contribution in [0.2, 0.25) is 0 Å². The summed E-state index contributed by atoms with van der Waals surface area (Å²) in [5.41, 5.74) is 11.0. The van der Waals surface area contributed by atoms with Gasteiger partial charge in [-0.25, -0.2) is 0 Å². The Balaban J connectivity index is 2.14. The Morgan fingerprint density at radius 1 is 1.32 bits per heavy atom. The molecule has 0 saturated heterocycles. The minimum Gasteiger partial charge on any atom is -0.383 e. The molecule has 2 aromatic rings. The summed E-state index contributed by atoms with van der Waals surface area (Å²) in [5, 5.41) is 4.32. The molecule has 19 heavy (non-hydrogen) atoms. The number of carbonyl (C=O) groups is 1. The topological polar surface area (TPSA) is 64.2 Å². The molecule has 2 N–H and O–H groups in total. The second-order valence-electron chi connectivity index (χ2n) is 4.94. The molecule has 0 saturated carbocycles. The van der Waals surface area contributed by atoms with Crippen molar-refractivity contribution in [3.63, 3.8) is 0 Å². The van der Waals surface area contributed by atoms with Gasteiger partial charge in [0.25, 0.3) is 0 Å². The van der Waals surface area contributed by atoms with Crippen LogP contribution in [-0.4, -0.2) is 22.7 Å². The van der Waals surface area contributed by atoms with E-state index in [9.17, 15) is 4.79 Å². The van der Waals surface area contributed by atoms with Crippen molar-refractivity contribution in [3.8, 4) is 11.1 Å². The maximum Gasteiger partial charge on any atom is 0.231 e. The van der Waals surface area contributed by atoms with Gasteiger partial charge in [-0.05, 0) is 30.2 Å². The van der Waals surface area contributed by atoms with Crippen molar-refractivity contribution < 1.29 is 4.79 Å². The molecule has 0 atom stereocenters. The van der Waals surface area contributed by atoms with Crippen LogP contribution in [0, 0.1) is 6.92 Å². The van der Waals surface area contributed by atoms with E-state index >= 15 is 0 Å². The lowest BCUT2D eigenvalue weighted by molar-refractivity contribution is -0.117. The molecule has 5 nitrogen and oxygen atoms in total. The fraction of sp³-hybridized carbons (Fsp3) is 0.286. The molecule has 1 aromatic carbocycles. The van der Waals surface area contributed by atoms with Crippen LogP contribution >= 0.6 is 0 Å². The molecule has 0 spiro atoms. The molecule has 1 aromatic heterocycles. The summed E-state index contributed by atoms with van der Waals surface area (Å²) < 4.78 is 1.68. The molecule has 1 amide bonds. The van der Waals surface area contributed by atoms with E-state index < -0.39 is 0 Å². The molecule has 1 aliphatic rings. The van der Waals surface area contributed by atoms with Crippen molar-refractivity contribution in [2.75, 3.05) is 17.7 Å². The number of anilines is 2. The Bertz CT molecular complexity index is 687. The summed E-state index contributed by atoms with van der Waals surface area (Å²) in [6.45, 7) is 1.94. The standard InChI is InChI=1S/C14H16N4O/c1-8-13(14(15)18(3)16-8)9-4-5-11-10(6-9)7-12(19)17(11)2/h4-6H,7,15H2,1-3H3. The van der Waals surface area contributed by atoms with Crippen molar-refractivity contribution in [3.05, 3.63) is 29.5 Å². The van der Waals surface area contributed by atoms with Gasteiger partial charge in [0, 0.05) is 25.3 Å². The van der Waals surface area contributed by atoms with E-state index in [0.29, 0.717) is 12.2 Å². The summed E-state index contributed by atoms with van der Waals surface area (Å²) in [4.78, 5) is 13.4. The number of amides is 1. The van der Waals surface area contributed by atoms with Crippen LogP contribution in [-0.2, 0) is 18.3 Å². The van der Waals surface area contributed by atoms with Gasteiger partial charge < -0.3 is 10.6 Å². The summed E-state index contributed by atoms with van der Waals surface area (Å²) in [6, 6.07) is 6.01. The molecule has 0 unspecified atom stereocenters. The summed E-state index contributed by atoms with van der Waals surface area (Å²) in [6.07, 6.45) is 0.457. The van der Waals surface area contributed by atoms with E-state index in [4.69, 9.17) is 5.73 Å². The first-order valence-electron chi connectivity index (χ1n) is 6.18. The van der Waals surface area contributed by atoms with Gasteiger partial charge in [-0.1, -0.05) is 6.07 Å². The van der Waals surface area contributed by atoms with E-state index in [1.165, 1.54) is 0 Å². The smallest absolute Gasteiger partial charge is 0.231 e. The molecular weight excluding hydrogens is 240 g/mol. The number of fused-ring (bicyclic) bond motifs is 1. The van der Waals surface area contributed by atoms with Crippen LogP contribution in [0.3, 0.4) is 0 Å². The normalized spacial score (nSPS) is 14.1. The molecular formula is C14H16N4O.